The van der Waals surface area contributed by atoms with Crippen molar-refractivity contribution in [3.05, 3.63) is 54.1 Å². The number of hydrogen-bond acceptors (Lipinski definition) is 6. The predicted molar refractivity (Wildman–Crippen MR) is 122 cm³/mol. The number of hydrogen-bond donors (Lipinski definition) is 2. The summed E-state index contributed by atoms with van der Waals surface area (Å²) in [5, 5.41) is 3.04. The van der Waals surface area contributed by atoms with Crippen molar-refractivity contribution in [3.63, 3.8) is 0 Å². The van der Waals surface area contributed by atoms with E-state index in [9.17, 15) is 13.2 Å². The Morgan fingerprint density at radius 2 is 1.84 bits per heavy atom. The monoisotopic (exact) mass is 461 g/mol. The van der Waals surface area contributed by atoms with Crippen LogP contribution < -0.4 is 19.5 Å². The lowest BCUT2D eigenvalue weighted by molar-refractivity contribution is -0.122. The molecule has 1 fully saturated rings. The van der Waals surface area contributed by atoms with Gasteiger partial charge in [-0.15, -0.1) is 0 Å². The van der Waals surface area contributed by atoms with Crippen molar-refractivity contribution < 1.29 is 22.7 Å². The molecule has 0 spiro atoms. The molecule has 1 atom stereocenters. The molecule has 1 aliphatic heterocycles. The molecule has 9 heteroatoms. The fraction of sp³-hybridized carbons (Fsp3) is 0.435. The minimum absolute atomic E-state index is 0.0168. The third kappa shape index (κ3) is 6.69. The summed E-state index contributed by atoms with van der Waals surface area (Å²) < 4.78 is 37.9. The van der Waals surface area contributed by atoms with Crippen molar-refractivity contribution in [3.8, 4) is 11.5 Å². The molecular formula is C23H31N3O5S. The smallest absolute Gasteiger partial charge is 0.240 e. The van der Waals surface area contributed by atoms with E-state index in [1.807, 2.05) is 18.2 Å². The first-order valence-corrected chi connectivity index (χ1v) is 12.2. The highest BCUT2D eigenvalue weighted by Crippen LogP contribution is 2.29. The Kier molecular flexibility index (Phi) is 8.49. The number of benzene rings is 2. The van der Waals surface area contributed by atoms with E-state index < -0.39 is 10.0 Å². The van der Waals surface area contributed by atoms with Crippen LogP contribution in [0.1, 0.15) is 24.8 Å². The van der Waals surface area contributed by atoms with Crippen LogP contribution in [0.5, 0.6) is 11.5 Å². The molecule has 2 N–H and O–H groups in total. The maximum Gasteiger partial charge on any atom is 0.240 e. The van der Waals surface area contributed by atoms with Gasteiger partial charge in [0.15, 0.2) is 11.5 Å². The van der Waals surface area contributed by atoms with Gasteiger partial charge in [0.05, 0.1) is 19.1 Å². The Labute approximate surface area is 190 Å². The number of likely N-dealkylation sites (tertiary alicyclic amines) is 1. The van der Waals surface area contributed by atoms with Crippen molar-refractivity contribution in [1.82, 2.24) is 14.9 Å². The normalized spacial score (nSPS) is 17.0. The Bertz CT molecular complexity index is 998. The molecule has 0 bridgehead atoms. The number of nitrogens with zero attached hydrogens (tertiary/aromatic N) is 1. The van der Waals surface area contributed by atoms with Crippen molar-refractivity contribution in [2.75, 3.05) is 33.9 Å². The summed E-state index contributed by atoms with van der Waals surface area (Å²) in [4.78, 5) is 14.8. The van der Waals surface area contributed by atoms with Gasteiger partial charge >= 0.3 is 0 Å². The molecule has 1 unspecified atom stereocenters. The minimum atomic E-state index is -3.76. The minimum Gasteiger partial charge on any atom is -0.493 e. The molecule has 2 aromatic carbocycles. The lowest BCUT2D eigenvalue weighted by Crippen LogP contribution is -2.47. The van der Waals surface area contributed by atoms with Gasteiger partial charge in [-0.1, -0.05) is 30.3 Å². The quantitative estimate of drug-likeness (QED) is 0.563. The molecule has 1 aliphatic rings. The van der Waals surface area contributed by atoms with Crippen LogP contribution in [-0.4, -0.2) is 59.1 Å². The van der Waals surface area contributed by atoms with Crippen LogP contribution >= 0.6 is 0 Å². The number of methoxy groups -OCH3 is 2. The largest absolute Gasteiger partial charge is 0.493 e. The van der Waals surface area contributed by atoms with Crippen molar-refractivity contribution in [2.24, 2.45) is 0 Å². The Hall–Kier alpha value is -2.62. The zero-order valence-electron chi connectivity index (χ0n) is 18.5. The SMILES string of the molecule is COc1ccc(S(=O)(=O)NCCC(=O)NC2CCCN(Cc3ccccc3)C2)cc1OC. The van der Waals surface area contributed by atoms with E-state index in [0.717, 1.165) is 32.5 Å². The molecule has 174 valence electrons. The van der Waals surface area contributed by atoms with Crippen LogP contribution in [-0.2, 0) is 21.4 Å². The highest BCUT2D eigenvalue weighted by Gasteiger charge is 2.22. The second kappa shape index (κ2) is 11.3. The summed E-state index contributed by atoms with van der Waals surface area (Å²) in [6, 6.07) is 14.7. The lowest BCUT2D eigenvalue weighted by Gasteiger charge is -2.33. The Morgan fingerprint density at radius 1 is 1.09 bits per heavy atom. The van der Waals surface area contributed by atoms with Crippen molar-refractivity contribution >= 4 is 15.9 Å². The third-order valence-electron chi connectivity index (χ3n) is 5.43. The second-order valence-corrected chi connectivity index (χ2v) is 9.56. The summed E-state index contributed by atoms with van der Waals surface area (Å²) in [5.74, 6) is 0.608. The van der Waals surface area contributed by atoms with Gasteiger partial charge in [0.1, 0.15) is 0 Å². The number of piperidine rings is 1. The maximum atomic E-state index is 12.5. The van der Waals surface area contributed by atoms with Gasteiger partial charge in [-0.25, -0.2) is 13.1 Å². The molecular weight excluding hydrogens is 430 g/mol. The molecule has 32 heavy (non-hydrogen) atoms. The van der Waals surface area contributed by atoms with Crippen LogP contribution in [0.4, 0.5) is 0 Å². The Balaban J connectivity index is 1.46. The molecule has 0 saturated carbocycles. The predicted octanol–water partition coefficient (Wildman–Crippen LogP) is 2.15. The van der Waals surface area contributed by atoms with E-state index in [4.69, 9.17) is 9.47 Å². The van der Waals surface area contributed by atoms with Crippen LogP contribution in [0.2, 0.25) is 0 Å². The number of nitrogens with one attached hydrogen (secondary N) is 2. The van der Waals surface area contributed by atoms with E-state index in [1.165, 1.54) is 38.0 Å². The highest BCUT2D eigenvalue weighted by atomic mass is 32.2. The molecule has 0 aromatic heterocycles. The number of amides is 1. The van der Waals surface area contributed by atoms with Crippen molar-refractivity contribution in [1.29, 1.82) is 0 Å². The summed E-state index contributed by atoms with van der Waals surface area (Å²) in [5.41, 5.74) is 1.25. The van der Waals surface area contributed by atoms with Gasteiger partial charge in [0, 0.05) is 38.2 Å². The van der Waals surface area contributed by atoms with E-state index in [1.54, 1.807) is 0 Å². The molecule has 1 heterocycles. The van der Waals surface area contributed by atoms with E-state index in [0.29, 0.717) is 11.5 Å². The summed E-state index contributed by atoms with van der Waals surface area (Å²) in [7, 11) is -0.839. The fourth-order valence-corrected chi connectivity index (χ4v) is 4.87. The lowest BCUT2D eigenvalue weighted by atomic mass is 10.0. The second-order valence-electron chi connectivity index (χ2n) is 7.79. The third-order valence-corrected chi connectivity index (χ3v) is 6.89. The van der Waals surface area contributed by atoms with Crippen LogP contribution in [0.3, 0.4) is 0 Å². The maximum absolute atomic E-state index is 12.5. The first kappa shape index (κ1) is 24.0. The first-order valence-electron chi connectivity index (χ1n) is 10.7. The zero-order chi connectivity index (χ0) is 23.0. The van der Waals surface area contributed by atoms with Crippen molar-refractivity contribution in [2.45, 2.75) is 36.7 Å². The van der Waals surface area contributed by atoms with E-state index in [2.05, 4.69) is 27.1 Å². The molecule has 1 saturated heterocycles. The van der Waals surface area contributed by atoms with Crippen LogP contribution in [0, 0.1) is 0 Å². The number of ether oxygens (including phenoxy) is 2. The van der Waals surface area contributed by atoms with Gasteiger partial charge in [0.2, 0.25) is 15.9 Å². The number of rotatable bonds is 10. The topological polar surface area (TPSA) is 97.0 Å². The Morgan fingerprint density at radius 3 is 2.56 bits per heavy atom. The van der Waals surface area contributed by atoms with Gasteiger partial charge in [-0.3, -0.25) is 9.69 Å². The summed E-state index contributed by atoms with van der Waals surface area (Å²) >= 11 is 0. The van der Waals surface area contributed by atoms with Crippen LogP contribution in [0.25, 0.3) is 0 Å². The summed E-state index contributed by atoms with van der Waals surface area (Å²) in [6.45, 7) is 2.67. The van der Waals surface area contributed by atoms with Gasteiger partial charge < -0.3 is 14.8 Å². The molecule has 0 radical (unpaired) electrons. The first-order chi connectivity index (χ1) is 15.4. The zero-order valence-corrected chi connectivity index (χ0v) is 19.4. The average molecular weight is 462 g/mol. The number of sulfonamides is 1. The molecule has 3 rings (SSSR count). The highest BCUT2D eigenvalue weighted by molar-refractivity contribution is 7.89. The standard InChI is InChI=1S/C23H31N3O5S/c1-30-21-11-10-20(15-22(21)31-2)32(28,29)24-13-12-23(27)25-19-9-6-14-26(17-19)16-18-7-4-3-5-8-18/h3-5,7-8,10-11,15,19,24H,6,9,12-14,16-17H2,1-2H3,(H,25,27). The summed E-state index contributed by atoms with van der Waals surface area (Å²) in [6.07, 6.45) is 2.01. The van der Waals surface area contributed by atoms with Gasteiger partial charge in [0.25, 0.3) is 0 Å². The van der Waals surface area contributed by atoms with Gasteiger partial charge in [-0.2, -0.15) is 0 Å². The molecule has 2 aromatic rings. The van der Waals surface area contributed by atoms with E-state index in [-0.39, 0.29) is 29.8 Å². The number of carbonyl (C=O) groups excluding carboxylic acids is 1. The molecule has 8 nitrogen and oxygen atoms in total. The molecule has 0 aliphatic carbocycles. The van der Waals surface area contributed by atoms with Gasteiger partial charge in [-0.05, 0) is 37.1 Å². The fourth-order valence-electron chi connectivity index (χ4n) is 3.82. The van der Waals surface area contributed by atoms with E-state index >= 15 is 0 Å². The molecule has 1 amide bonds. The number of carbonyl (C=O) groups is 1. The average Bonchev–Trinajstić information content (AvgIpc) is 2.79. The van der Waals surface area contributed by atoms with Crippen LogP contribution in [0.15, 0.2) is 53.4 Å².